The molecule has 0 aromatic heterocycles. The van der Waals surface area contributed by atoms with E-state index in [1.165, 1.54) is 0 Å². The van der Waals surface area contributed by atoms with E-state index in [-0.39, 0.29) is 5.97 Å². The lowest BCUT2D eigenvalue weighted by Crippen LogP contribution is -2.32. The van der Waals surface area contributed by atoms with E-state index in [0.29, 0.717) is 12.1 Å². The van der Waals surface area contributed by atoms with Crippen molar-refractivity contribution in [2.45, 2.75) is 52.7 Å². The molecule has 132 valence electrons. The molecule has 0 aliphatic heterocycles. The number of carbonyl (C=O) groups is 2. The van der Waals surface area contributed by atoms with Gasteiger partial charge in [-0.15, -0.1) is 0 Å². The Morgan fingerprint density at radius 1 is 1.04 bits per heavy atom. The highest BCUT2D eigenvalue weighted by Crippen LogP contribution is 2.14. The average molecular weight is 333 g/mol. The third-order valence-corrected chi connectivity index (χ3v) is 2.59. The number of amides is 1. The Morgan fingerprint density at radius 3 is 2.25 bits per heavy atom. The van der Waals surface area contributed by atoms with Gasteiger partial charge in [-0.1, -0.05) is 24.3 Å². The number of hydrogen-bond acceptors (Lipinski definition) is 4. The lowest BCUT2D eigenvalue weighted by Gasteiger charge is -2.19. The highest BCUT2D eigenvalue weighted by atomic mass is 16.6. The molecule has 5 heteroatoms. The second-order valence-electron chi connectivity index (χ2n) is 7.41. The van der Waals surface area contributed by atoms with Crippen molar-refractivity contribution < 1.29 is 19.1 Å². The molecule has 0 bridgehead atoms. The summed E-state index contributed by atoms with van der Waals surface area (Å²) in [5, 5.41) is 2.64. The highest BCUT2D eigenvalue weighted by molar-refractivity contribution is 5.90. The fourth-order valence-corrected chi connectivity index (χ4v) is 1.76. The van der Waals surface area contributed by atoms with Crippen molar-refractivity contribution in [2.24, 2.45) is 0 Å². The summed E-state index contributed by atoms with van der Waals surface area (Å²) in [5.74, 6) is -0.357. The molecule has 0 saturated heterocycles. The zero-order valence-electron chi connectivity index (χ0n) is 15.3. The normalized spacial score (nSPS) is 12.1. The number of rotatable bonds is 4. The maximum atomic E-state index is 12.0. The summed E-state index contributed by atoms with van der Waals surface area (Å²) < 4.78 is 10.5. The first-order valence-electron chi connectivity index (χ1n) is 7.93. The van der Waals surface area contributed by atoms with Crippen LogP contribution in [0.1, 0.15) is 57.5 Å². The van der Waals surface area contributed by atoms with Crippen molar-refractivity contribution in [3.63, 3.8) is 0 Å². The van der Waals surface area contributed by atoms with Crippen molar-refractivity contribution >= 4 is 18.1 Å². The van der Waals surface area contributed by atoms with Crippen LogP contribution in [-0.2, 0) is 9.47 Å². The van der Waals surface area contributed by atoms with Crippen LogP contribution in [0.15, 0.2) is 30.3 Å². The van der Waals surface area contributed by atoms with Gasteiger partial charge in [0.25, 0.3) is 0 Å². The Balaban J connectivity index is 2.58. The first-order valence-corrected chi connectivity index (χ1v) is 7.93. The van der Waals surface area contributed by atoms with E-state index in [1.807, 2.05) is 53.7 Å². The molecule has 0 fully saturated rings. The maximum absolute atomic E-state index is 12.0. The smallest absolute Gasteiger partial charge is 0.407 e. The molecule has 0 saturated carbocycles. The fourth-order valence-electron chi connectivity index (χ4n) is 1.76. The Bertz CT molecular complexity index is 607. The molecular weight excluding hydrogens is 306 g/mol. The molecule has 1 amide bonds. The van der Waals surface area contributed by atoms with Crippen molar-refractivity contribution in [1.29, 1.82) is 0 Å². The number of benzene rings is 1. The van der Waals surface area contributed by atoms with Crippen molar-refractivity contribution in [2.75, 3.05) is 6.54 Å². The van der Waals surface area contributed by atoms with Gasteiger partial charge in [0.05, 0.1) is 5.56 Å². The zero-order valence-corrected chi connectivity index (χ0v) is 15.3. The number of nitrogens with one attached hydrogen (secondary N) is 1. The Kier molecular flexibility index (Phi) is 6.58. The largest absolute Gasteiger partial charge is 0.456 e. The van der Waals surface area contributed by atoms with Gasteiger partial charge in [-0.05, 0) is 59.2 Å². The summed E-state index contributed by atoms with van der Waals surface area (Å²) in [7, 11) is 0. The minimum absolute atomic E-state index is 0.339. The van der Waals surface area contributed by atoms with Crippen LogP contribution in [-0.4, -0.2) is 29.8 Å². The maximum Gasteiger partial charge on any atom is 0.407 e. The first-order chi connectivity index (χ1) is 11.0. The van der Waals surface area contributed by atoms with Crippen molar-refractivity contribution in [3.8, 4) is 0 Å². The summed E-state index contributed by atoms with van der Waals surface area (Å²) in [6, 6.07) is 7.13. The summed E-state index contributed by atoms with van der Waals surface area (Å²) in [5.41, 5.74) is 0.298. The monoisotopic (exact) mass is 333 g/mol. The van der Waals surface area contributed by atoms with Crippen molar-refractivity contribution in [3.05, 3.63) is 41.5 Å². The van der Waals surface area contributed by atoms with Gasteiger partial charge in [0, 0.05) is 6.54 Å². The molecule has 5 nitrogen and oxygen atoms in total. The predicted octanol–water partition coefficient (Wildman–Crippen LogP) is 4.18. The van der Waals surface area contributed by atoms with E-state index in [4.69, 9.17) is 9.47 Å². The molecule has 24 heavy (non-hydrogen) atoms. The van der Waals surface area contributed by atoms with Crippen LogP contribution in [0.25, 0.3) is 6.08 Å². The number of esters is 1. The van der Waals surface area contributed by atoms with Crippen molar-refractivity contribution in [1.82, 2.24) is 5.32 Å². The summed E-state index contributed by atoms with van der Waals surface area (Å²) >= 11 is 0. The minimum atomic E-state index is -0.528. The van der Waals surface area contributed by atoms with E-state index in [0.717, 1.165) is 5.56 Å². The van der Waals surface area contributed by atoms with E-state index < -0.39 is 17.3 Å². The number of ether oxygens (including phenoxy) is 2. The molecule has 1 N–H and O–H groups in total. The van der Waals surface area contributed by atoms with Crippen LogP contribution in [0.2, 0.25) is 0 Å². The number of hydrogen-bond donors (Lipinski definition) is 1. The lowest BCUT2D eigenvalue weighted by molar-refractivity contribution is 0.00692. The molecular formula is C19H27NO4. The predicted molar refractivity (Wildman–Crippen MR) is 94.9 cm³/mol. The van der Waals surface area contributed by atoms with E-state index in [9.17, 15) is 9.59 Å². The molecule has 0 radical (unpaired) electrons. The van der Waals surface area contributed by atoms with E-state index >= 15 is 0 Å². The van der Waals surface area contributed by atoms with Crippen LogP contribution in [0.3, 0.4) is 0 Å². The summed E-state index contributed by atoms with van der Waals surface area (Å²) in [4.78, 5) is 23.6. The number of carbonyl (C=O) groups excluding carboxylic acids is 2. The fraction of sp³-hybridized carbons (Fsp3) is 0.474. The molecule has 0 aliphatic carbocycles. The summed E-state index contributed by atoms with van der Waals surface area (Å²) in [6.45, 7) is 11.3. The Labute approximate surface area is 144 Å². The molecule has 0 aliphatic rings. The van der Waals surface area contributed by atoms with Crippen LogP contribution >= 0.6 is 0 Å². The van der Waals surface area contributed by atoms with Gasteiger partial charge in [-0.2, -0.15) is 0 Å². The number of alkyl carbamates (subject to hydrolysis) is 1. The van der Waals surface area contributed by atoms with Crippen LogP contribution in [0, 0.1) is 0 Å². The SMILES string of the molecule is CC(C)(C)OC(=O)NCC=Cc1cccc(C(=O)OC(C)(C)C)c1. The second-order valence-corrected chi connectivity index (χ2v) is 7.41. The van der Waals surface area contributed by atoms with Crippen LogP contribution in [0.4, 0.5) is 4.79 Å². The minimum Gasteiger partial charge on any atom is -0.456 e. The molecule has 1 aromatic rings. The standard InChI is InChI=1S/C19H27NO4/c1-18(2,3)23-16(21)15-11-7-9-14(13-15)10-8-12-20-17(22)24-19(4,5)6/h7-11,13H,12H2,1-6H3,(H,20,22). The van der Waals surface area contributed by atoms with Gasteiger partial charge < -0.3 is 14.8 Å². The van der Waals surface area contributed by atoms with Gasteiger partial charge in [-0.3, -0.25) is 0 Å². The molecule has 0 atom stereocenters. The molecule has 1 aromatic carbocycles. The summed E-state index contributed by atoms with van der Waals surface area (Å²) in [6.07, 6.45) is 3.15. The van der Waals surface area contributed by atoms with Crippen LogP contribution in [0.5, 0.6) is 0 Å². The Morgan fingerprint density at radius 2 is 1.67 bits per heavy atom. The first kappa shape index (κ1) is 19.7. The Hall–Kier alpha value is -2.30. The van der Waals surface area contributed by atoms with Gasteiger partial charge >= 0.3 is 12.1 Å². The molecule has 0 spiro atoms. The average Bonchev–Trinajstić information content (AvgIpc) is 2.40. The molecule has 0 heterocycles. The third kappa shape index (κ3) is 8.36. The highest BCUT2D eigenvalue weighted by Gasteiger charge is 2.17. The van der Waals surface area contributed by atoms with Gasteiger partial charge in [0.2, 0.25) is 0 Å². The molecule has 1 rings (SSSR count). The van der Waals surface area contributed by atoms with E-state index in [2.05, 4.69) is 5.32 Å². The third-order valence-electron chi connectivity index (χ3n) is 2.59. The van der Waals surface area contributed by atoms with Crippen LogP contribution < -0.4 is 5.32 Å². The topological polar surface area (TPSA) is 64.6 Å². The second kappa shape index (κ2) is 7.99. The van der Waals surface area contributed by atoms with Gasteiger partial charge in [-0.25, -0.2) is 9.59 Å². The lowest BCUT2D eigenvalue weighted by atomic mass is 10.1. The van der Waals surface area contributed by atoms with Gasteiger partial charge in [0.1, 0.15) is 11.2 Å². The molecule has 0 unspecified atom stereocenters. The zero-order chi connectivity index (χ0) is 18.4. The van der Waals surface area contributed by atoms with E-state index in [1.54, 1.807) is 24.3 Å². The quantitative estimate of drug-likeness (QED) is 0.840. The van der Waals surface area contributed by atoms with Gasteiger partial charge in [0.15, 0.2) is 0 Å².